The first-order chi connectivity index (χ1) is 8.68. The molecular weight excluding hydrogens is 252 g/mol. The zero-order chi connectivity index (χ0) is 13.0. The van der Waals surface area contributed by atoms with Gasteiger partial charge in [0.25, 0.3) is 0 Å². The van der Waals surface area contributed by atoms with Gasteiger partial charge in [0.15, 0.2) is 0 Å². The zero-order valence-electron chi connectivity index (χ0n) is 9.47. The fourth-order valence-corrected chi connectivity index (χ4v) is 1.72. The summed E-state index contributed by atoms with van der Waals surface area (Å²) in [5.74, 6) is -0.532. The molecule has 0 amide bonds. The standard InChI is InChI=1S/C13H11ClN2O2/c14-10-2-1-3-11(15)12(10)13(17)18-8-9-4-6-16-7-5-9/h1-7H,8,15H2. The van der Waals surface area contributed by atoms with E-state index in [1.54, 1.807) is 42.7 Å². The first-order valence-electron chi connectivity index (χ1n) is 5.28. The van der Waals surface area contributed by atoms with Crippen molar-refractivity contribution in [2.75, 3.05) is 5.73 Å². The smallest absolute Gasteiger partial charge is 0.342 e. The van der Waals surface area contributed by atoms with E-state index in [0.717, 1.165) is 5.56 Å². The summed E-state index contributed by atoms with van der Waals surface area (Å²) in [5.41, 5.74) is 7.06. The van der Waals surface area contributed by atoms with Crippen molar-refractivity contribution in [1.29, 1.82) is 0 Å². The minimum Gasteiger partial charge on any atom is -0.457 e. The normalized spacial score (nSPS) is 10.1. The lowest BCUT2D eigenvalue weighted by atomic mass is 10.2. The van der Waals surface area contributed by atoms with Crippen molar-refractivity contribution in [1.82, 2.24) is 4.98 Å². The molecule has 5 heteroatoms. The number of halogens is 1. The number of aromatic nitrogens is 1. The second-order valence-corrected chi connectivity index (χ2v) is 4.04. The van der Waals surface area contributed by atoms with Crippen LogP contribution in [-0.2, 0) is 11.3 Å². The molecule has 2 N–H and O–H groups in total. The maximum atomic E-state index is 11.9. The van der Waals surface area contributed by atoms with Gasteiger partial charge in [0, 0.05) is 18.1 Å². The van der Waals surface area contributed by atoms with Gasteiger partial charge in [0.1, 0.15) is 12.2 Å². The van der Waals surface area contributed by atoms with Crippen LogP contribution in [0.3, 0.4) is 0 Å². The minimum atomic E-state index is -0.532. The van der Waals surface area contributed by atoms with Crippen LogP contribution < -0.4 is 5.73 Å². The van der Waals surface area contributed by atoms with Crippen molar-refractivity contribution >= 4 is 23.3 Å². The van der Waals surface area contributed by atoms with E-state index in [2.05, 4.69) is 4.98 Å². The molecule has 0 saturated carbocycles. The minimum absolute atomic E-state index is 0.159. The van der Waals surface area contributed by atoms with Crippen LogP contribution in [-0.4, -0.2) is 11.0 Å². The van der Waals surface area contributed by atoms with Gasteiger partial charge in [-0.15, -0.1) is 0 Å². The number of nitrogen functional groups attached to an aromatic ring is 1. The number of carbonyl (C=O) groups excluding carboxylic acids is 1. The Balaban J connectivity index is 2.09. The number of benzene rings is 1. The van der Waals surface area contributed by atoms with Crippen LogP contribution in [0.2, 0.25) is 5.02 Å². The van der Waals surface area contributed by atoms with Crippen molar-refractivity contribution in [2.45, 2.75) is 6.61 Å². The van der Waals surface area contributed by atoms with Crippen molar-refractivity contribution < 1.29 is 9.53 Å². The SMILES string of the molecule is Nc1cccc(Cl)c1C(=O)OCc1ccncc1. The molecule has 0 bridgehead atoms. The molecule has 1 heterocycles. The molecule has 0 saturated heterocycles. The molecule has 0 aliphatic carbocycles. The summed E-state index contributed by atoms with van der Waals surface area (Å²) < 4.78 is 5.14. The van der Waals surface area contributed by atoms with Gasteiger partial charge < -0.3 is 10.5 Å². The van der Waals surface area contributed by atoms with E-state index in [1.807, 2.05) is 0 Å². The summed E-state index contributed by atoms with van der Waals surface area (Å²) in [5, 5.41) is 0.287. The Morgan fingerprint density at radius 1 is 1.28 bits per heavy atom. The predicted octanol–water partition coefficient (Wildman–Crippen LogP) is 2.67. The third kappa shape index (κ3) is 2.78. The Kier molecular flexibility index (Phi) is 3.79. The lowest BCUT2D eigenvalue weighted by molar-refractivity contribution is 0.0474. The second kappa shape index (κ2) is 5.51. The van der Waals surface area contributed by atoms with E-state index in [-0.39, 0.29) is 17.2 Å². The van der Waals surface area contributed by atoms with Gasteiger partial charge in [-0.25, -0.2) is 4.79 Å². The number of hydrogen-bond acceptors (Lipinski definition) is 4. The monoisotopic (exact) mass is 262 g/mol. The predicted molar refractivity (Wildman–Crippen MR) is 69.2 cm³/mol. The summed E-state index contributed by atoms with van der Waals surface area (Å²) in [4.78, 5) is 15.7. The maximum Gasteiger partial charge on any atom is 0.342 e. The number of nitrogens with zero attached hydrogens (tertiary/aromatic N) is 1. The van der Waals surface area contributed by atoms with E-state index >= 15 is 0 Å². The van der Waals surface area contributed by atoms with Crippen LogP contribution >= 0.6 is 11.6 Å². The van der Waals surface area contributed by atoms with Crippen molar-refractivity contribution in [3.05, 3.63) is 58.9 Å². The number of esters is 1. The molecule has 2 rings (SSSR count). The number of hydrogen-bond donors (Lipinski definition) is 1. The number of pyridine rings is 1. The molecule has 1 aromatic heterocycles. The number of carbonyl (C=O) groups is 1. The highest BCUT2D eigenvalue weighted by Gasteiger charge is 2.15. The molecule has 18 heavy (non-hydrogen) atoms. The van der Waals surface area contributed by atoms with Crippen molar-refractivity contribution in [3.8, 4) is 0 Å². The summed E-state index contributed by atoms with van der Waals surface area (Å²) >= 11 is 5.92. The number of nitrogens with two attached hydrogens (primary N) is 1. The van der Waals surface area contributed by atoms with Crippen LogP contribution in [0.25, 0.3) is 0 Å². The molecule has 4 nitrogen and oxygen atoms in total. The molecule has 2 aromatic rings. The number of anilines is 1. The van der Waals surface area contributed by atoms with Gasteiger partial charge in [-0.3, -0.25) is 4.98 Å². The molecular formula is C13H11ClN2O2. The van der Waals surface area contributed by atoms with Gasteiger partial charge in [-0.05, 0) is 29.8 Å². The van der Waals surface area contributed by atoms with E-state index in [1.165, 1.54) is 0 Å². The average Bonchev–Trinajstić information content (AvgIpc) is 2.37. The lowest BCUT2D eigenvalue weighted by Crippen LogP contribution is -2.09. The fourth-order valence-electron chi connectivity index (χ4n) is 1.46. The average molecular weight is 263 g/mol. The Hall–Kier alpha value is -2.07. The van der Waals surface area contributed by atoms with Crippen molar-refractivity contribution in [3.63, 3.8) is 0 Å². The van der Waals surface area contributed by atoms with Gasteiger partial charge in [-0.1, -0.05) is 17.7 Å². The Labute approximate surface area is 109 Å². The van der Waals surface area contributed by atoms with Crippen LogP contribution in [0.4, 0.5) is 5.69 Å². The summed E-state index contributed by atoms with van der Waals surface area (Å²) in [6.45, 7) is 0.159. The Morgan fingerprint density at radius 3 is 2.67 bits per heavy atom. The zero-order valence-corrected chi connectivity index (χ0v) is 10.2. The molecule has 0 radical (unpaired) electrons. The highest BCUT2D eigenvalue weighted by Crippen LogP contribution is 2.23. The third-order valence-corrected chi connectivity index (χ3v) is 2.68. The largest absolute Gasteiger partial charge is 0.457 e. The third-order valence-electron chi connectivity index (χ3n) is 2.37. The molecule has 92 valence electrons. The quantitative estimate of drug-likeness (QED) is 0.682. The van der Waals surface area contributed by atoms with Gasteiger partial charge >= 0.3 is 5.97 Å². The summed E-state index contributed by atoms with van der Waals surface area (Å²) in [6.07, 6.45) is 3.26. The fraction of sp³-hybridized carbons (Fsp3) is 0.0769. The molecule has 0 aliphatic heterocycles. The highest BCUT2D eigenvalue weighted by molar-refractivity contribution is 6.34. The van der Waals surface area contributed by atoms with Crippen LogP contribution in [0.15, 0.2) is 42.7 Å². The van der Waals surface area contributed by atoms with E-state index < -0.39 is 5.97 Å². The van der Waals surface area contributed by atoms with Gasteiger partial charge in [0.2, 0.25) is 0 Å². The van der Waals surface area contributed by atoms with Gasteiger partial charge in [-0.2, -0.15) is 0 Å². The van der Waals surface area contributed by atoms with E-state index in [4.69, 9.17) is 22.1 Å². The molecule has 0 atom stereocenters. The first-order valence-corrected chi connectivity index (χ1v) is 5.66. The maximum absolute atomic E-state index is 11.9. The summed E-state index contributed by atoms with van der Waals surface area (Å²) in [6, 6.07) is 8.42. The Morgan fingerprint density at radius 2 is 2.00 bits per heavy atom. The first kappa shape index (κ1) is 12.4. The topological polar surface area (TPSA) is 65.2 Å². The van der Waals surface area contributed by atoms with Crippen LogP contribution in [0.1, 0.15) is 15.9 Å². The van der Waals surface area contributed by atoms with Crippen molar-refractivity contribution in [2.24, 2.45) is 0 Å². The summed E-state index contributed by atoms with van der Waals surface area (Å²) in [7, 11) is 0. The molecule has 0 fully saturated rings. The van der Waals surface area contributed by atoms with E-state index in [0.29, 0.717) is 5.69 Å². The van der Waals surface area contributed by atoms with E-state index in [9.17, 15) is 4.79 Å². The lowest BCUT2D eigenvalue weighted by Gasteiger charge is -2.08. The number of ether oxygens (including phenoxy) is 1. The number of rotatable bonds is 3. The molecule has 0 spiro atoms. The Bertz CT molecular complexity index is 538. The second-order valence-electron chi connectivity index (χ2n) is 3.64. The molecule has 0 aliphatic rings. The molecule has 1 aromatic carbocycles. The van der Waals surface area contributed by atoms with Crippen LogP contribution in [0.5, 0.6) is 0 Å². The van der Waals surface area contributed by atoms with Crippen LogP contribution in [0, 0.1) is 0 Å². The molecule has 0 unspecified atom stereocenters. The van der Waals surface area contributed by atoms with Gasteiger partial charge in [0.05, 0.1) is 5.02 Å². The highest BCUT2D eigenvalue weighted by atomic mass is 35.5.